The third-order valence-electron chi connectivity index (χ3n) is 2.40. The Balaban J connectivity index is 2.99. The van der Waals surface area contributed by atoms with Gasteiger partial charge in [0.25, 0.3) is 0 Å². The summed E-state index contributed by atoms with van der Waals surface area (Å²) in [5.41, 5.74) is 6.20. The molecule has 1 heterocycles. The van der Waals surface area contributed by atoms with Crippen LogP contribution in [0.3, 0.4) is 0 Å². The maximum Gasteiger partial charge on any atom is 0.246 e. The summed E-state index contributed by atoms with van der Waals surface area (Å²) in [5, 5.41) is 3.98. The van der Waals surface area contributed by atoms with Gasteiger partial charge in [-0.3, -0.25) is 4.68 Å². The van der Waals surface area contributed by atoms with E-state index in [2.05, 4.69) is 11.7 Å². The number of sulfonamides is 1. The fourth-order valence-corrected chi connectivity index (χ4v) is 3.01. The molecule has 0 atom stereocenters. The van der Waals surface area contributed by atoms with Crippen molar-refractivity contribution >= 4 is 10.0 Å². The van der Waals surface area contributed by atoms with Crippen LogP contribution in [0.4, 0.5) is 0 Å². The first kappa shape index (κ1) is 14.9. The predicted molar refractivity (Wildman–Crippen MR) is 70.5 cm³/mol. The van der Waals surface area contributed by atoms with E-state index in [1.165, 1.54) is 21.4 Å². The van der Waals surface area contributed by atoms with Gasteiger partial charge in [0, 0.05) is 25.8 Å². The van der Waals surface area contributed by atoms with Crippen LogP contribution >= 0.6 is 0 Å². The Hall–Kier alpha value is -1.18. The molecule has 1 aromatic rings. The van der Waals surface area contributed by atoms with Gasteiger partial charge in [-0.05, 0) is 6.92 Å². The fraction of sp³-hybridized carbons (Fsp3) is 0.545. The Labute approximate surface area is 108 Å². The quantitative estimate of drug-likeness (QED) is 0.730. The Bertz CT molecular complexity index is 507. The molecular weight excluding hydrogens is 252 g/mol. The lowest BCUT2D eigenvalue weighted by molar-refractivity contribution is 0.452. The third kappa shape index (κ3) is 3.41. The lowest BCUT2D eigenvalue weighted by atomic mass is 10.3. The summed E-state index contributed by atoms with van der Waals surface area (Å²) in [6, 6.07) is 0. The number of hydrogen-bond acceptors (Lipinski definition) is 4. The molecule has 0 amide bonds. The third-order valence-corrected chi connectivity index (χ3v) is 4.28. The van der Waals surface area contributed by atoms with Crippen molar-refractivity contribution in [2.45, 2.75) is 25.3 Å². The second-order valence-electron chi connectivity index (χ2n) is 4.12. The van der Waals surface area contributed by atoms with Gasteiger partial charge in [0.1, 0.15) is 4.90 Å². The monoisotopic (exact) mass is 272 g/mol. The molecular formula is C11H20N4O2S. The highest BCUT2D eigenvalue weighted by Gasteiger charge is 2.24. The summed E-state index contributed by atoms with van der Waals surface area (Å²) in [4.78, 5) is 0.194. The average molecular weight is 272 g/mol. The largest absolute Gasteiger partial charge is 0.329 e. The van der Waals surface area contributed by atoms with Gasteiger partial charge in [0.05, 0.1) is 12.7 Å². The first-order valence-corrected chi connectivity index (χ1v) is 7.22. The molecule has 0 spiro atoms. The van der Waals surface area contributed by atoms with Gasteiger partial charge in [-0.15, -0.1) is 0 Å². The number of nitrogens with zero attached hydrogens (tertiary/aromatic N) is 3. The minimum Gasteiger partial charge on any atom is -0.329 e. The maximum atomic E-state index is 12.3. The SMILES string of the molecule is C=C(C)CN(CC)S(=O)(=O)c1cnn(CCN)c1. The van der Waals surface area contributed by atoms with Crippen LogP contribution in [0.2, 0.25) is 0 Å². The molecule has 18 heavy (non-hydrogen) atoms. The highest BCUT2D eigenvalue weighted by atomic mass is 32.2. The molecule has 0 saturated heterocycles. The number of nitrogens with two attached hydrogens (primary N) is 1. The molecule has 2 N–H and O–H groups in total. The molecule has 1 aromatic heterocycles. The van der Waals surface area contributed by atoms with Crippen molar-refractivity contribution in [3.05, 3.63) is 24.5 Å². The second-order valence-corrected chi connectivity index (χ2v) is 6.05. The molecule has 0 saturated carbocycles. The van der Waals surface area contributed by atoms with E-state index in [-0.39, 0.29) is 4.90 Å². The molecule has 0 aliphatic rings. The molecule has 0 radical (unpaired) electrons. The van der Waals surface area contributed by atoms with Crippen molar-refractivity contribution in [3.8, 4) is 0 Å². The molecule has 0 aromatic carbocycles. The van der Waals surface area contributed by atoms with Crippen LogP contribution in [-0.2, 0) is 16.6 Å². The van der Waals surface area contributed by atoms with Gasteiger partial charge < -0.3 is 5.73 Å². The number of aromatic nitrogens is 2. The second kappa shape index (κ2) is 6.12. The molecule has 0 aliphatic carbocycles. The molecule has 0 unspecified atom stereocenters. The zero-order chi connectivity index (χ0) is 13.8. The van der Waals surface area contributed by atoms with E-state index in [4.69, 9.17) is 5.73 Å². The Kier molecular flexibility index (Phi) is 5.06. The van der Waals surface area contributed by atoms with E-state index in [1.807, 2.05) is 0 Å². The summed E-state index contributed by atoms with van der Waals surface area (Å²) in [6.45, 7) is 8.98. The molecule has 7 heteroatoms. The number of rotatable bonds is 7. The van der Waals surface area contributed by atoms with Crippen molar-refractivity contribution in [2.24, 2.45) is 5.73 Å². The Morgan fingerprint density at radius 3 is 2.78 bits per heavy atom. The lowest BCUT2D eigenvalue weighted by Crippen LogP contribution is -2.32. The Morgan fingerprint density at radius 1 is 1.61 bits per heavy atom. The zero-order valence-corrected chi connectivity index (χ0v) is 11.7. The van der Waals surface area contributed by atoms with Crippen LogP contribution in [-0.4, -0.2) is 42.1 Å². The van der Waals surface area contributed by atoms with Gasteiger partial charge >= 0.3 is 0 Å². The van der Waals surface area contributed by atoms with E-state index in [0.29, 0.717) is 26.2 Å². The van der Waals surface area contributed by atoms with Crippen molar-refractivity contribution in [1.29, 1.82) is 0 Å². The molecule has 0 fully saturated rings. The first-order chi connectivity index (χ1) is 8.41. The van der Waals surface area contributed by atoms with E-state index in [0.717, 1.165) is 5.57 Å². The summed E-state index contributed by atoms with van der Waals surface area (Å²) in [5.74, 6) is 0. The van der Waals surface area contributed by atoms with Crippen LogP contribution < -0.4 is 5.73 Å². The highest BCUT2D eigenvalue weighted by molar-refractivity contribution is 7.89. The summed E-state index contributed by atoms with van der Waals surface area (Å²) in [7, 11) is -3.50. The zero-order valence-electron chi connectivity index (χ0n) is 10.8. The minimum atomic E-state index is -3.50. The topological polar surface area (TPSA) is 81.2 Å². The predicted octanol–water partition coefficient (Wildman–Crippen LogP) is 0.429. The van der Waals surface area contributed by atoms with Crippen molar-refractivity contribution in [2.75, 3.05) is 19.6 Å². The summed E-state index contributed by atoms with van der Waals surface area (Å²) in [6.07, 6.45) is 2.86. The average Bonchev–Trinajstić information content (AvgIpc) is 2.75. The molecule has 6 nitrogen and oxygen atoms in total. The van der Waals surface area contributed by atoms with E-state index < -0.39 is 10.0 Å². The number of hydrogen-bond donors (Lipinski definition) is 1. The summed E-state index contributed by atoms with van der Waals surface area (Å²) >= 11 is 0. The van der Waals surface area contributed by atoms with Crippen LogP contribution in [0.15, 0.2) is 29.4 Å². The normalized spacial score (nSPS) is 12.0. The van der Waals surface area contributed by atoms with Crippen LogP contribution in [0.25, 0.3) is 0 Å². The lowest BCUT2D eigenvalue weighted by Gasteiger charge is -2.19. The van der Waals surface area contributed by atoms with Gasteiger partial charge in [-0.1, -0.05) is 19.1 Å². The fourth-order valence-electron chi connectivity index (χ4n) is 1.55. The van der Waals surface area contributed by atoms with Crippen LogP contribution in [0.5, 0.6) is 0 Å². The number of likely N-dealkylation sites (N-methyl/N-ethyl adjacent to an activating group) is 1. The first-order valence-electron chi connectivity index (χ1n) is 5.78. The van der Waals surface area contributed by atoms with Crippen LogP contribution in [0, 0.1) is 0 Å². The van der Waals surface area contributed by atoms with Gasteiger partial charge in [0.2, 0.25) is 10.0 Å². The van der Waals surface area contributed by atoms with Crippen molar-refractivity contribution < 1.29 is 8.42 Å². The van der Waals surface area contributed by atoms with Gasteiger partial charge in [-0.25, -0.2) is 8.42 Å². The molecule has 0 aliphatic heterocycles. The maximum absolute atomic E-state index is 12.3. The molecule has 0 bridgehead atoms. The van der Waals surface area contributed by atoms with E-state index >= 15 is 0 Å². The van der Waals surface area contributed by atoms with E-state index in [1.54, 1.807) is 13.8 Å². The molecule has 102 valence electrons. The van der Waals surface area contributed by atoms with Crippen molar-refractivity contribution in [1.82, 2.24) is 14.1 Å². The Morgan fingerprint density at radius 2 is 2.28 bits per heavy atom. The summed E-state index contributed by atoms with van der Waals surface area (Å²) < 4.78 is 27.5. The van der Waals surface area contributed by atoms with Crippen molar-refractivity contribution in [3.63, 3.8) is 0 Å². The van der Waals surface area contributed by atoms with Gasteiger partial charge in [0.15, 0.2) is 0 Å². The highest BCUT2D eigenvalue weighted by Crippen LogP contribution is 2.15. The van der Waals surface area contributed by atoms with Crippen LogP contribution in [0.1, 0.15) is 13.8 Å². The van der Waals surface area contributed by atoms with E-state index in [9.17, 15) is 8.42 Å². The standard InChI is InChI=1S/C11H20N4O2S/c1-4-15(8-10(2)3)18(16,17)11-7-13-14(9-11)6-5-12/h7,9H,2,4-6,8,12H2,1,3H3. The smallest absolute Gasteiger partial charge is 0.246 e. The molecule has 1 rings (SSSR count). The minimum absolute atomic E-state index is 0.194. The van der Waals surface area contributed by atoms with Gasteiger partial charge in [-0.2, -0.15) is 9.40 Å².